The molecule has 0 radical (unpaired) electrons. The van der Waals surface area contributed by atoms with Gasteiger partial charge in [0.05, 0.1) is 13.2 Å². The molecule has 4 nitrogen and oxygen atoms in total. The van der Waals surface area contributed by atoms with Crippen LogP contribution in [0.2, 0.25) is 0 Å². The standard InChI is InChI=1S/C5H11NO3/c1-2-5(3-7,4-8)6-9/h7-8H,2-4H2,1H3. The van der Waals surface area contributed by atoms with E-state index in [1.165, 1.54) is 0 Å². The third kappa shape index (κ3) is 1.73. The Morgan fingerprint density at radius 2 is 1.89 bits per heavy atom. The second-order valence-corrected chi connectivity index (χ2v) is 1.99. The molecule has 9 heavy (non-hydrogen) atoms. The molecule has 0 rings (SSSR count). The summed E-state index contributed by atoms with van der Waals surface area (Å²) in [5, 5.41) is 19.7. The summed E-state index contributed by atoms with van der Waals surface area (Å²) >= 11 is 0. The van der Waals surface area contributed by atoms with Gasteiger partial charge < -0.3 is 10.2 Å². The van der Waals surface area contributed by atoms with E-state index in [9.17, 15) is 4.91 Å². The van der Waals surface area contributed by atoms with Crippen LogP contribution in [0.15, 0.2) is 5.18 Å². The molecule has 0 unspecified atom stereocenters. The van der Waals surface area contributed by atoms with E-state index in [1.807, 2.05) is 0 Å². The van der Waals surface area contributed by atoms with Crippen LogP contribution in [-0.4, -0.2) is 29.0 Å². The Labute approximate surface area is 53.5 Å². The molecule has 0 saturated carbocycles. The number of hydrogen-bond acceptors (Lipinski definition) is 4. The molecule has 0 amide bonds. The Bertz CT molecular complexity index is 81.9. The van der Waals surface area contributed by atoms with Gasteiger partial charge in [0.1, 0.15) is 5.54 Å². The van der Waals surface area contributed by atoms with E-state index >= 15 is 0 Å². The lowest BCUT2D eigenvalue weighted by molar-refractivity contribution is 0.119. The largest absolute Gasteiger partial charge is 0.394 e. The van der Waals surface area contributed by atoms with Gasteiger partial charge in [0.25, 0.3) is 0 Å². The van der Waals surface area contributed by atoms with Crippen molar-refractivity contribution in [3.05, 3.63) is 4.91 Å². The summed E-state index contributed by atoms with van der Waals surface area (Å²) in [6.45, 7) is 0.917. The van der Waals surface area contributed by atoms with E-state index in [0.29, 0.717) is 6.42 Å². The Kier molecular flexibility index (Phi) is 3.34. The molecular weight excluding hydrogens is 122 g/mol. The van der Waals surface area contributed by atoms with E-state index < -0.39 is 5.54 Å². The predicted molar refractivity (Wildman–Crippen MR) is 33.0 cm³/mol. The highest BCUT2D eigenvalue weighted by molar-refractivity contribution is 4.84. The summed E-state index contributed by atoms with van der Waals surface area (Å²) < 4.78 is 0. The maximum atomic E-state index is 9.95. The second kappa shape index (κ2) is 3.53. The van der Waals surface area contributed by atoms with Gasteiger partial charge in [-0.3, -0.25) is 0 Å². The van der Waals surface area contributed by atoms with Crippen molar-refractivity contribution in [2.24, 2.45) is 5.18 Å². The first kappa shape index (κ1) is 8.52. The highest BCUT2D eigenvalue weighted by atomic mass is 16.3. The van der Waals surface area contributed by atoms with Crippen molar-refractivity contribution in [1.82, 2.24) is 0 Å². The first-order valence-corrected chi connectivity index (χ1v) is 2.81. The molecule has 0 fully saturated rings. The number of aliphatic hydroxyl groups excluding tert-OH is 2. The lowest BCUT2D eigenvalue weighted by Crippen LogP contribution is -2.33. The molecule has 2 N–H and O–H groups in total. The molecular formula is C5H11NO3. The molecule has 0 spiro atoms. The number of nitrogens with zero attached hydrogens (tertiary/aromatic N) is 1. The van der Waals surface area contributed by atoms with Crippen molar-refractivity contribution in [2.75, 3.05) is 13.2 Å². The molecule has 0 aliphatic rings. The van der Waals surface area contributed by atoms with Gasteiger partial charge in [-0.25, -0.2) is 0 Å². The predicted octanol–water partition coefficient (Wildman–Crippen LogP) is -0.114. The molecule has 0 aliphatic carbocycles. The third-order valence-corrected chi connectivity index (χ3v) is 1.44. The molecule has 4 heteroatoms. The monoisotopic (exact) mass is 133 g/mol. The number of nitroso groups, excluding NO2 is 1. The minimum Gasteiger partial charge on any atom is -0.394 e. The zero-order valence-corrected chi connectivity index (χ0v) is 5.37. The van der Waals surface area contributed by atoms with Gasteiger partial charge in [-0.15, -0.1) is 0 Å². The van der Waals surface area contributed by atoms with Crippen molar-refractivity contribution in [3.8, 4) is 0 Å². The van der Waals surface area contributed by atoms with Crippen LogP contribution in [0.3, 0.4) is 0 Å². The molecule has 0 heterocycles. The molecule has 0 aromatic carbocycles. The van der Waals surface area contributed by atoms with Crippen LogP contribution in [-0.2, 0) is 0 Å². The van der Waals surface area contributed by atoms with Gasteiger partial charge in [0, 0.05) is 0 Å². The summed E-state index contributed by atoms with van der Waals surface area (Å²) in [5.74, 6) is 0. The summed E-state index contributed by atoms with van der Waals surface area (Å²) in [5.41, 5.74) is -1.15. The van der Waals surface area contributed by atoms with Gasteiger partial charge in [0.2, 0.25) is 0 Å². The number of hydrogen-bond donors (Lipinski definition) is 2. The number of aliphatic hydroxyl groups is 2. The Hall–Kier alpha value is -0.480. The average Bonchev–Trinajstić information content (AvgIpc) is 1.95. The van der Waals surface area contributed by atoms with Crippen LogP contribution >= 0.6 is 0 Å². The molecule has 0 aromatic rings. The fourth-order valence-electron chi connectivity index (χ4n) is 0.396. The highest BCUT2D eigenvalue weighted by Crippen LogP contribution is 2.12. The molecule has 54 valence electrons. The number of rotatable bonds is 4. The van der Waals surface area contributed by atoms with Gasteiger partial charge in [-0.2, -0.15) is 4.91 Å². The Balaban J connectivity index is 3.98. The molecule has 0 aliphatic heterocycles. The van der Waals surface area contributed by atoms with Crippen LogP contribution in [0.5, 0.6) is 0 Å². The van der Waals surface area contributed by atoms with Crippen molar-refractivity contribution >= 4 is 0 Å². The second-order valence-electron chi connectivity index (χ2n) is 1.99. The van der Waals surface area contributed by atoms with E-state index in [2.05, 4.69) is 5.18 Å². The topological polar surface area (TPSA) is 69.9 Å². The molecule has 0 atom stereocenters. The Morgan fingerprint density at radius 3 is 1.89 bits per heavy atom. The van der Waals surface area contributed by atoms with Gasteiger partial charge >= 0.3 is 0 Å². The summed E-state index contributed by atoms with van der Waals surface area (Å²) in [6, 6.07) is 0. The van der Waals surface area contributed by atoms with Crippen LogP contribution in [0.25, 0.3) is 0 Å². The SMILES string of the molecule is CCC(CO)(CO)N=O. The fourth-order valence-corrected chi connectivity index (χ4v) is 0.396. The van der Waals surface area contributed by atoms with Crippen molar-refractivity contribution in [3.63, 3.8) is 0 Å². The van der Waals surface area contributed by atoms with Crippen LogP contribution < -0.4 is 0 Å². The van der Waals surface area contributed by atoms with Crippen molar-refractivity contribution in [1.29, 1.82) is 0 Å². The maximum absolute atomic E-state index is 9.95. The van der Waals surface area contributed by atoms with Crippen LogP contribution in [0.4, 0.5) is 0 Å². The minimum atomic E-state index is -1.15. The first-order valence-electron chi connectivity index (χ1n) is 2.81. The zero-order chi connectivity index (χ0) is 7.33. The lowest BCUT2D eigenvalue weighted by atomic mass is 10.0. The molecule has 0 bridgehead atoms. The average molecular weight is 133 g/mol. The first-order chi connectivity index (χ1) is 4.24. The van der Waals surface area contributed by atoms with Gasteiger partial charge in [-0.1, -0.05) is 12.1 Å². The third-order valence-electron chi connectivity index (χ3n) is 1.44. The molecule has 0 saturated heterocycles. The van der Waals surface area contributed by atoms with Crippen molar-refractivity contribution < 1.29 is 10.2 Å². The summed E-state index contributed by atoms with van der Waals surface area (Å²) in [6.07, 6.45) is 0.365. The normalized spacial score (nSPS) is 11.4. The smallest absolute Gasteiger partial charge is 0.148 e. The zero-order valence-electron chi connectivity index (χ0n) is 5.37. The lowest BCUT2D eigenvalue weighted by Gasteiger charge is -2.17. The van der Waals surface area contributed by atoms with E-state index in [-0.39, 0.29) is 13.2 Å². The minimum absolute atomic E-state index is 0.365. The van der Waals surface area contributed by atoms with E-state index in [4.69, 9.17) is 10.2 Å². The van der Waals surface area contributed by atoms with E-state index in [1.54, 1.807) is 6.92 Å². The van der Waals surface area contributed by atoms with E-state index in [0.717, 1.165) is 0 Å². The van der Waals surface area contributed by atoms with Crippen molar-refractivity contribution in [2.45, 2.75) is 18.9 Å². The maximum Gasteiger partial charge on any atom is 0.148 e. The molecule has 0 aromatic heterocycles. The fraction of sp³-hybridized carbons (Fsp3) is 1.00. The highest BCUT2D eigenvalue weighted by Gasteiger charge is 2.27. The summed E-state index contributed by atoms with van der Waals surface area (Å²) in [4.78, 5) is 9.95. The van der Waals surface area contributed by atoms with Crippen LogP contribution in [0, 0.1) is 4.91 Å². The van der Waals surface area contributed by atoms with Gasteiger partial charge in [0.15, 0.2) is 0 Å². The summed E-state index contributed by atoms with van der Waals surface area (Å²) in [7, 11) is 0. The Morgan fingerprint density at radius 1 is 1.44 bits per heavy atom. The quantitative estimate of drug-likeness (QED) is 0.525. The van der Waals surface area contributed by atoms with Crippen LogP contribution in [0.1, 0.15) is 13.3 Å². The van der Waals surface area contributed by atoms with Gasteiger partial charge in [-0.05, 0) is 6.42 Å².